The average molecular weight is 409 g/mol. The van der Waals surface area contributed by atoms with Gasteiger partial charge >= 0.3 is 0 Å². The minimum absolute atomic E-state index is 0.394. The smallest absolute Gasteiger partial charge is 0.294 e. The van der Waals surface area contributed by atoms with E-state index in [1.165, 1.54) is 6.34 Å². The van der Waals surface area contributed by atoms with E-state index in [-0.39, 0.29) is 0 Å². The Morgan fingerprint density at radius 2 is 1.84 bits per heavy atom. The number of rotatable bonds is 5. The molecule has 0 saturated heterocycles. The van der Waals surface area contributed by atoms with Gasteiger partial charge in [-0.05, 0) is 29.2 Å². The van der Waals surface area contributed by atoms with E-state index in [9.17, 15) is 10.1 Å². The molecule has 0 aliphatic carbocycles. The van der Waals surface area contributed by atoms with Gasteiger partial charge in [0.25, 0.3) is 5.91 Å². The molecule has 1 aromatic heterocycles. The SMILES string of the molecule is [C-]#[N+]c1c(-c2ccc(-c3ccccc3C#N)cc2)c(C(=O)N=CN(C)C)n(C)c1CC. The quantitative estimate of drug-likeness (QED) is 0.336. The zero-order valence-electron chi connectivity index (χ0n) is 18.0. The summed E-state index contributed by atoms with van der Waals surface area (Å²) in [5.41, 5.74) is 5.36. The molecular weight excluding hydrogens is 386 g/mol. The Kier molecular flexibility index (Phi) is 6.33. The monoisotopic (exact) mass is 409 g/mol. The van der Waals surface area contributed by atoms with Gasteiger partial charge < -0.3 is 9.47 Å². The van der Waals surface area contributed by atoms with Crippen molar-refractivity contribution in [3.8, 4) is 28.3 Å². The summed E-state index contributed by atoms with van der Waals surface area (Å²) in [6, 6.07) is 17.2. The Balaban J connectivity index is 2.17. The van der Waals surface area contributed by atoms with Gasteiger partial charge in [0, 0.05) is 32.4 Å². The molecule has 0 spiro atoms. The number of nitriles is 1. The van der Waals surface area contributed by atoms with Crippen LogP contribution in [0.15, 0.2) is 53.5 Å². The summed E-state index contributed by atoms with van der Waals surface area (Å²) in [5, 5.41) is 9.39. The predicted molar refractivity (Wildman–Crippen MR) is 123 cm³/mol. The molecule has 6 heteroatoms. The molecule has 0 fully saturated rings. The van der Waals surface area contributed by atoms with Crippen molar-refractivity contribution in [2.45, 2.75) is 13.3 Å². The normalized spacial score (nSPS) is 10.6. The molecule has 0 atom stereocenters. The van der Waals surface area contributed by atoms with Crippen molar-refractivity contribution in [3.05, 3.63) is 76.9 Å². The summed E-state index contributed by atoms with van der Waals surface area (Å²) in [7, 11) is 5.39. The number of carbonyl (C=O) groups excluding carboxylic acids is 1. The maximum atomic E-state index is 12.9. The first-order valence-corrected chi connectivity index (χ1v) is 9.86. The van der Waals surface area contributed by atoms with Crippen LogP contribution in [0.1, 0.15) is 28.7 Å². The Bertz CT molecular complexity index is 1230. The van der Waals surface area contributed by atoms with Crippen molar-refractivity contribution in [2.75, 3.05) is 14.1 Å². The van der Waals surface area contributed by atoms with Gasteiger partial charge in [-0.3, -0.25) is 4.79 Å². The van der Waals surface area contributed by atoms with Crippen LogP contribution in [-0.4, -0.2) is 35.8 Å². The Hall–Kier alpha value is -4.16. The van der Waals surface area contributed by atoms with Gasteiger partial charge in [-0.1, -0.05) is 49.4 Å². The fraction of sp³-hybridized carbons (Fsp3) is 0.200. The molecule has 6 nitrogen and oxygen atoms in total. The molecule has 2 aromatic carbocycles. The zero-order valence-corrected chi connectivity index (χ0v) is 18.0. The molecule has 0 aliphatic heterocycles. The lowest BCUT2D eigenvalue weighted by molar-refractivity contribution is 0.0995. The van der Waals surface area contributed by atoms with E-state index in [4.69, 9.17) is 6.57 Å². The Morgan fingerprint density at radius 3 is 2.42 bits per heavy atom. The minimum Gasteiger partial charge on any atom is -0.369 e. The topological polar surface area (TPSA) is 65.8 Å². The van der Waals surface area contributed by atoms with Gasteiger partial charge in [0.1, 0.15) is 5.69 Å². The lowest BCUT2D eigenvalue weighted by atomic mass is 9.96. The molecule has 1 amide bonds. The fourth-order valence-corrected chi connectivity index (χ4v) is 3.64. The second kappa shape index (κ2) is 9.11. The van der Waals surface area contributed by atoms with Gasteiger partial charge in [-0.2, -0.15) is 10.3 Å². The molecule has 154 valence electrons. The molecule has 31 heavy (non-hydrogen) atoms. The highest BCUT2D eigenvalue weighted by molar-refractivity contribution is 6.06. The maximum Gasteiger partial charge on any atom is 0.294 e. The van der Waals surface area contributed by atoms with Crippen molar-refractivity contribution in [3.63, 3.8) is 0 Å². The van der Waals surface area contributed by atoms with Gasteiger partial charge in [0.05, 0.1) is 24.5 Å². The van der Waals surface area contributed by atoms with Crippen LogP contribution in [0.2, 0.25) is 0 Å². The molecule has 0 radical (unpaired) electrons. The summed E-state index contributed by atoms with van der Waals surface area (Å²) < 4.78 is 1.77. The number of aromatic nitrogens is 1. The molecule has 0 saturated carbocycles. The van der Waals surface area contributed by atoms with E-state index >= 15 is 0 Å². The predicted octanol–water partition coefficient (Wildman–Crippen LogP) is 5.07. The van der Waals surface area contributed by atoms with Crippen LogP contribution >= 0.6 is 0 Å². The largest absolute Gasteiger partial charge is 0.369 e. The molecule has 1 heterocycles. The van der Waals surface area contributed by atoms with Crippen molar-refractivity contribution in [2.24, 2.45) is 12.0 Å². The number of hydrogen-bond acceptors (Lipinski definition) is 2. The van der Waals surface area contributed by atoms with Crippen molar-refractivity contribution >= 4 is 17.9 Å². The zero-order chi connectivity index (χ0) is 22.5. The van der Waals surface area contributed by atoms with Gasteiger partial charge in [-0.25, -0.2) is 4.85 Å². The highest BCUT2D eigenvalue weighted by Crippen LogP contribution is 2.40. The fourth-order valence-electron chi connectivity index (χ4n) is 3.64. The number of aliphatic imine (C=N–C) groups is 1. The molecule has 3 rings (SSSR count). The summed E-state index contributed by atoms with van der Waals surface area (Å²) in [6.45, 7) is 9.71. The lowest BCUT2D eigenvalue weighted by Crippen LogP contribution is -2.12. The molecule has 3 aromatic rings. The minimum atomic E-state index is -0.394. The van der Waals surface area contributed by atoms with Crippen LogP contribution in [0.4, 0.5) is 5.69 Å². The first-order valence-electron chi connectivity index (χ1n) is 9.86. The van der Waals surface area contributed by atoms with E-state index < -0.39 is 5.91 Å². The molecule has 0 bridgehead atoms. The number of nitrogens with zero attached hydrogens (tertiary/aromatic N) is 5. The third-order valence-corrected chi connectivity index (χ3v) is 5.07. The number of benzene rings is 2. The summed E-state index contributed by atoms with van der Waals surface area (Å²) in [6.07, 6.45) is 2.09. The highest BCUT2D eigenvalue weighted by atomic mass is 16.1. The second-order valence-electron chi connectivity index (χ2n) is 7.29. The van der Waals surface area contributed by atoms with Crippen LogP contribution in [0.3, 0.4) is 0 Å². The number of hydrogen-bond donors (Lipinski definition) is 0. The van der Waals surface area contributed by atoms with Crippen molar-refractivity contribution in [1.82, 2.24) is 9.47 Å². The average Bonchev–Trinajstić information content (AvgIpc) is 3.08. The van der Waals surface area contributed by atoms with Crippen molar-refractivity contribution < 1.29 is 4.79 Å². The highest BCUT2D eigenvalue weighted by Gasteiger charge is 2.25. The summed E-state index contributed by atoms with van der Waals surface area (Å²) in [4.78, 5) is 22.5. The van der Waals surface area contributed by atoms with Gasteiger partial charge in [0.2, 0.25) is 5.69 Å². The third kappa shape index (κ3) is 4.10. The summed E-state index contributed by atoms with van der Waals surface area (Å²) >= 11 is 0. The van der Waals surface area contributed by atoms with E-state index in [1.807, 2.05) is 49.4 Å². The Labute approximate surface area is 182 Å². The molecule has 0 aliphatic rings. The number of amides is 1. The van der Waals surface area contributed by atoms with E-state index in [2.05, 4.69) is 15.9 Å². The molecule has 0 unspecified atom stereocenters. The van der Waals surface area contributed by atoms with Crippen molar-refractivity contribution in [1.29, 1.82) is 5.26 Å². The first kappa shape index (κ1) is 21.5. The van der Waals surface area contributed by atoms with Gasteiger partial charge in [0.15, 0.2) is 0 Å². The van der Waals surface area contributed by atoms with Crippen LogP contribution in [-0.2, 0) is 13.5 Å². The van der Waals surface area contributed by atoms with Crippen LogP contribution in [0, 0.1) is 17.9 Å². The first-order chi connectivity index (χ1) is 14.9. The second-order valence-corrected chi connectivity index (χ2v) is 7.29. The van der Waals surface area contributed by atoms with E-state index in [0.29, 0.717) is 28.9 Å². The third-order valence-electron chi connectivity index (χ3n) is 5.07. The van der Waals surface area contributed by atoms with Crippen LogP contribution < -0.4 is 0 Å². The standard InChI is InChI=1S/C25H23N5O/c1-6-21-23(27-2)22(24(30(21)5)25(31)28-16-29(3)4)18-13-11-17(12-14-18)20-10-8-7-9-19(20)15-26/h7-14,16H,6H2,1,3-5H3. The lowest BCUT2D eigenvalue weighted by Gasteiger charge is -2.09. The molecular formula is C25H23N5O. The van der Waals surface area contributed by atoms with E-state index in [1.54, 1.807) is 36.7 Å². The van der Waals surface area contributed by atoms with Crippen LogP contribution in [0.5, 0.6) is 0 Å². The summed E-state index contributed by atoms with van der Waals surface area (Å²) in [5.74, 6) is -0.394. The maximum absolute atomic E-state index is 12.9. The van der Waals surface area contributed by atoms with Crippen LogP contribution in [0.25, 0.3) is 27.1 Å². The number of carbonyl (C=O) groups is 1. The van der Waals surface area contributed by atoms with Gasteiger partial charge in [-0.15, -0.1) is 0 Å². The van der Waals surface area contributed by atoms with E-state index in [0.717, 1.165) is 22.4 Å². The Morgan fingerprint density at radius 1 is 1.19 bits per heavy atom. The molecule has 0 N–H and O–H groups in total.